The molecule has 1 aliphatic rings. The zero-order valence-electron chi connectivity index (χ0n) is 19.6. The molecule has 0 bridgehead atoms. The Labute approximate surface area is 194 Å². The second-order valence-corrected chi connectivity index (χ2v) is 11.2. The van der Waals surface area contributed by atoms with E-state index in [1.54, 1.807) is 19.3 Å². The lowest BCUT2D eigenvalue weighted by molar-refractivity contribution is 0.00152. The van der Waals surface area contributed by atoms with Crippen LogP contribution in [0, 0.1) is 6.92 Å². The summed E-state index contributed by atoms with van der Waals surface area (Å²) in [6.45, 7) is 9.25. The molecule has 2 heterocycles. The Kier molecular flexibility index (Phi) is 6.24. The zero-order chi connectivity index (χ0) is 23.8. The van der Waals surface area contributed by atoms with Crippen LogP contribution in [0.2, 0.25) is 0 Å². The van der Waals surface area contributed by atoms with E-state index in [9.17, 15) is 8.42 Å². The third kappa shape index (κ3) is 4.91. The summed E-state index contributed by atoms with van der Waals surface area (Å²) in [7, 11) is -3.92. The van der Waals surface area contributed by atoms with Gasteiger partial charge in [0.25, 0.3) is 0 Å². The number of nitrogens with zero attached hydrogens (tertiary/aromatic N) is 5. The van der Waals surface area contributed by atoms with Crippen LogP contribution in [-0.2, 0) is 20.3 Å². The van der Waals surface area contributed by atoms with Crippen molar-refractivity contribution in [1.82, 2.24) is 24.7 Å². The first-order valence-corrected chi connectivity index (χ1v) is 12.6. The molecule has 0 amide bonds. The molecule has 10 heteroatoms. The fourth-order valence-corrected chi connectivity index (χ4v) is 4.73. The molecular weight excluding hydrogens is 440 g/mol. The van der Waals surface area contributed by atoms with Crippen molar-refractivity contribution in [2.45, 2.75) is 70.5 Å². The van der Waals surface area contributed by atoms with E-state index in [1.165, 1.54) is 0 Å². The van der Waals surface area contributed by atoms with Crippen molar-refractivity contribution in [2.75, 3.05) is 4.72 Å². The van der Waals surface area contributed by atoms with Gasteiger partial charge in [-0.2, -0.15) is 0 Å². The first-order valence-electron chi connectivity index (χ1n) is 11.1. The number of benzene rings is 1. The fraction of sp³-hybridized carbons (Fsp3) is 0.478. The number of hydrogen-bond acceptors (Lipinski definition) is 7. The standard InChI is InChI=1S/C23H30N6O3S/c1-15(2)32-19(20-24-13-16(3)14-25-20)17(4)33(30,31)28-22-27-26-21(18-9-7-6-8-10-18)29(22)23(5)11-12-23/h6-10,13-15,17,19H,11-12H2,1-5H3,(H,27,28). The van der Waals surface area contributed by atoms with E-state index in [0.717, 1.165) is 24.0 Å². The third-order valence-corrected chi connectivity index (χ3v) is 7.53. The maximum Gasteiger partial charge on any atom is 0.240 e. The molecule has 1 aromatic carbocycles. The molecule has 2 atom stereocenters. The lowest BCUT2D eigenvalue weighted by atomic mass is 10.2. The molecule has 9 nitrogen and oxygen atoms in total. The van der Waals surface area contributed by atoms with Crippen LogP contribution >= 0.6 is 0 Å². The summed E-state index contributed by atoms with van der Waals surface area (Å²) in [5.74, 6) is 1.17. The van der Waals surface area contributed by atoms with Crippen LogP contribution in [0.25, 0.3) is 11.4 Å². The summed E-state index contributed by atoms with van der Waals surface area (Å²) in [5.41, 5.74) is 1.53. The number of aryl methyl sites for hydroxylation is 1. The molecule has 2 aromatic heterocycles. The Hall–Kier alpha value is -2.85. The molecular formula is C23H30N6O3S. The highest BCUT2D eigenvalue weighted by atomic mass is 32.2. The van der Waals surface area contributed by atoms with Gasteiger partial charge in [0.1, 0.15) is 11.4 Å². The number of ether oxygens (including phenoxy) is 1. The van der Waals surface area contributed by atoms with Gasteiger partial charge in [0.05, 0.1) is 6.10 Å². The summed E-state index contributed by atoms with van der Waals surface area (Å²) in [5, 5.41) is 7.58. The average Bonchev–Trinajstić information content (AvgIpc) is 3.38. The van der Waals surface area contributed by atoms with Gasteiger partial charge in [-0.05, 0) is 53.0 Å². The highest BCUT2D eigenvalue weighted by molar-refractivity contribution is 7.93. The monoisotopic (exact) mass is 470 g/mol. The molecule has 4 rings (SSSR count). The summed E-state index contributed by atoms with van der Waals surface area (Å²) in [6, 6.07) is 9.65. The maximum absolute atomic E-state index is 13.5. The minimum atomic E-state index is -3.92. The quantitative estimate of drug-likeness (QED) is 0.505. The van der Waals surface area contributed by atoms with Crippen molar-refractivity contribution in [3.8, 4) is 11.4 Å². The van der Waals surface area contributed by atoms with Gasteiger partial charge in [-0.3, -0.25) is 9.29 Å². The van der Waals surface area contributed by atoms with Crippen LogP contribution in [0.4, 0.5) is 5.95 Å². The van der Waals surface area contributed by atoms with E-state index in [2.05, 4.69) is 31.8 Å². The lowest BCUT2D eigenvalue weighted by Crippen LogP contribution is -2.35. The normalized spacial score (nSPS) is 17.0. The molecule has 1 saturated carbocycles. The van der Waals surface area contributed by atoms with Crippen molar-refractivity contribution in [1.29, 1.82) is 0 Å². The largest absolute Gasteiger partial charge is 0.366 e. The molecule has 176 valence electrons. The van der Waals surface area contributed by atoms with E-state index in [1.807, 2.05) is 55.7 Å². The van der Waals surface area contributed by atoms with Crippen molar-refractivity contribution in [3.05, 3.63) is 54.1 Å². The molecule has 2 unspecified atom stereocenters. The second kappa shape index (κ2) is 8.83. The van der Waals surface area contributed by atoms with Crippen molar-refractivity contribution < 1.29 is 13.2 Å². The molecule has 1 fully saturated rings. The van der Waals surface area contributed by atoms with Crippen molar-refractivity contribution in [3.63, 3.8) is 0 Å². The Morgan fingerprint density at radius 3 is 2.27 bits per heavy atom. The van der Waals surface area contributed by atoms with Crippen molar-refractivity contribution in [2.24, 2.45) is 0 Å². The number of nitrogens with one attached hydrogen (secondary N) is 1. The zero-order valence-corrected chi connectivity index (χ0v) is 20.4. The molecule has 0 spiro atoms. The van der Waals surface area contributed by atoms with Gasteiger partial charge in [-0.25, -0.2) is 18.4 Å². The molecule has 33 heavy (non-hydrogen) atoms. The van der Waals surface area contributed by atoms with Crippen molar-refractivity contribution >= 4 is 16.0 Å². The van der Waals surface area contributed by atoms with Gasteiger partial charge in [-0.15, -0.1) is 10.2 Å². The number of hydrogen-bond donors (Lipinski definition) is 1. The minimum Gasteiger partial charge on any atom is -0.366 e. The van der Waals surface area contributed by atoms with Crippen LogP contribution in [0.5, 0.6) is 0 Å². The summed E-state index contributed by atoms with van der Waals surface area (Å²) < 4.78 is 37.5. The van der Waals surface area contributed by atoms with Gasteiger partial charge in [0, 0.05) is 23.5 Å². The van der Waals surface area contributed by atoms with Gasteiger partial charge in [0.15, 0.2) is 11.6 Å². The van der Waals surface area contributed by atoms with Crippen LogP contribution in [0.3, 0.4) is 0 Å². The summed E-state index contributed by atoms with van der Waals surface area (Å²) >= 11 is 0. The summed E-state index contributed by atoms with van der Waals surface area (Å²) in [6.07, 6.45) is 4.10. The fourth-order valence-electron chi connectivity index (χ4n) is 3.65. The Bertz CT molecular complexity index is 1200. The van der Waals surface area contributed by atoms with Gasteiger partial charge >= 0.3 is 0 Å². The minimum absolute atomic E-state index is 0.203. The molecule has 0 aliphatic heterocycles. The lowest BCUT2D eigenvalue weighted by Gasteiger charge is -2.26. The summed E-state index contributed by atoms with van der Waals surface area (Å²) in [4.78, 5) is 8.64. The molecule has 0 saturated heterocycles. The highest BCUT2D eigenvalue weighted by Gasteiger charge is 2.44. The maximum atomic E-state index is 13.5. The van der Waals surface area contributed by atoms with Gasteiger partial charge in [0.2, 0.25) is 16.0 Å². The second-order valence-electron chi connectivity index (χ2n) is 9.12. The van der Waals surface area contributed by atoms with Gasteiger partial charge in [-0.1, -0.05) is 30.3 Å². The van der Waals surface area contributed by atoms with Crippen LogP contribution in [0.15, 0.2) is 42.7 Å². The van der Waals surface area contributed by atoms with Crippen LogP contribution < -0.4 is 4.72 Å². The number of sulfonamides is 1. The van der Waals surface area contributed by atoms with Crippen LogP contribution in [-0.4, -0.2) is 44.5 Å². The number of aromatic nitrogens is 5. The molecule has 0 radical (unpaired) electrons. The van der Waals surface area contributed by atoms with E-state index >= 15 is 0 Å². The van der Waals surface area contributed by atoms with Gasteiger partial charge < -0.3 is 4.74 Å². The van der Waals surface area contributed by atoms with Crippen LogP contribution in [0.1, 0.15) is 58.0 Å². The number of anilines is 1. The molecule has 1 N–H and O–H groups in total. The predicted molar refractivity (Wildman–Crippen MR) is 126 cm³/mol. The first-order chi connectivity index (χ1) is 15.6. The van der Waals surface area contributed by atoms with E-state index in [-0.39, 0.29) is 17.6 Å². The highest BCUT2D eigenvalue weighted by Crippen LogP contribution is 2.47. The predicted octanol–water partition coefficient (Wildman–Crippen LogP) is 3.85. The SMILES string of the molecule is Cc1cnc(C(OC(C)C)C(C)S(=O)(=O)Nc2nnc(-c3ccccc3)n2C2(C)CC2)nc1. The Balaban J connectivity index is 1.68. The molecule has 1 aliphatic carbocycles. The third-order valence-electron chi connectivity index (χ3n) is 5.83. The number of rotatable bonds is 9. The van der Waals surface area contributed by atoms with E-state index < -0.39 is 21.4 Å². The first kappa shape index (κ1) is 23.3. The van der Waals surface area contributed by atoms with E-state index in [4.69, 9.17) is 4.74 Å². The Morgan fingerprint density at radius 2 is 1.70 bits per heavy atom. The Morgan fingerprint density at radius 1 is 1.06 bits per heavy atom. The smallest absolute Gasteiger partial charge is 0.240 e. The molecule has 3 aromatic rings. The topological polar surface area (TPSA) is 112 Å². The average molecular weight is 471 g/mol. The van der Waals surface area contributed by atoms with E-state index in [0.29, 0.717) is 11.6 Å².